The molecule has 5 nitrogen and oxygen atoms in total. The van der Waals surface area contributed by atoms with Crippen LogP contribution in [0.4, 0.5) is 4.39 Å². The van der Waals surface area contributed by atoms with E-state index < -0.39 is 0 Å². The van der Waals surface area contributed by atoms with Crippen molar-refractivity contribution in [3.05, 3.63) is 29.6 Å². The molecule has 7 heteroatoms. The second kappa shape index (κ2) is 8.03. The zero-order valence-electron chi connectivity index (χ0n) is 12.8. The highest BCUT2D eigenvalue weighted by atomic mass is 32.2. The molecule has 0 radical (unpaired) electrons. The molecule has 1 unspecified atom stereocenters. The summed E-state index contributed by atoms with van der Waals surface area (Å²) in [7, 11) is 1.69. The molecule has 1 amide bonds. The fourth-order valence-corrected chi connectivity index (χ4v) is 2.91. The Morgan fingerprint density at radius 1 is 1.55 bits per heavy atom. The second-order valence-corrected chi connectivity index (χ2v) is 5.91. The molecule has 1 heterocycles. The number of piperidine rings is 1. The molecule has 1 aliphatic heterocycles. The van der Waals surface area contributed by atoms with Crippen molar-refractivity contribution in [3.63, 3.8) is 0 Å². The maximum absolute atomic E-state index is 13.4. The van der Waals surface area contributed by atoms with Crippen LogP contribution in [-0.2, 0) is 11.3 Å². The number of halogens is 1. The first-order valence-electron chi connectivity index (χ1n) is 7.18. The molecule has 0 aliphatic carbocycles. The predicted octanol–water partition coefficient (Wildman–Crippen LogP) is 1.49. The number of benzene rings is 1. The molecule has 0 saturated carbocycles. The Hall–Kier alpha value is -1.76. The van der Waals surface area contributed by atoms with Gasteiger partial charge in [0, 0.05) is 37.5 Å². The number of nitrogens with zero attached hydrogens (tertiary/aromatic N) is 1. The molecule has 2 rings (SSSR count). The fraction of sp³-hybridized carbons (Fsp3) is 0.467. The van der Waals surface area contributed by atoms with Crippen molar-refractivity contribution in [2.75, 3.05) is 19.8 Å². The minimum Gasteiger partial charge on any atom is -0.354 e. The number of carbonyl (C=O) groups is 1. The molecule has 120 valence electrons. The number of nitrogens with one attached hydrogen (secondary N) is 3. The number of hydrogen-bond donors (Lipinski definition) is 3. The predicted molar refractivity (Wildman–Crippen MR) is 87.5 cm³/mol. The molecule has 1 aliphatic rings. The Bertz CT molecular complexity index is 554. The molecule has 22 heavy (non-hydrogen) atoms. The van der Waals surface area contributed by atoms with Crippen molar-refractivity contribution in [1.82, 2.24) is 16.0 Å². The molecule has 1 atom stereocenters. The lowest BCUT2D eigenvalue weighted by atomic mass is 10.1. The van der Waals surface area contributed by atoms with E-state index >= 15 is 0 Å². The first-order valence-corrected chi connectivity index (χ1v) is 8.41. The third-order valence-electron chi connectivity index (χ3n) is 3.52. The van der Waals surface area contributed by atoms with Crippen LogP contribution in [0.2, 0.25) is 0 Å². The molecular weight excluding hydrogens is 303 g/mol. The largest absolute Gasteiger partial charge is 0.354 e. The Labute approximate surface area is 134 Å². The van der Waals surface area contributed by atoms with Crippen LogP contribution in [0.3, 0.4) is 0 Å². The summed E-state index contributed by atoms with van der Waals surface area (Å²) in [6.07, 6.45) is 3.27. The lowest BCUT2D eigenvalue weighted by Crippen LogP contribution is -2.51. The molecule has 1 saturated heterocycles. The van der Waals surface area contributed by atoms with E-state index in [9.17, 15) is 9.18 Å². The van der Waals surface area contributed by atoms with E-state index in [1.54, 1.807) is 24.9 Å². The number of carbonyl (C=O) groups excluding carboxylic acids is 1. The number of rotatable bonds is 4. The van der Waals surface area contributed by atoms with Crippen LogP contribution < -0.4 is 16.0 Å². The topological polar surface area (TPSA) is 65.5 Å². The third-order valence-corrected chi connectivity index (χ3v) is 4.36. The first-order chi connectivity index (χ1) is 10.6. The van der Waals surface area contributed by atoms with Gasteiger partial charge in [-0.3, -0.25) is 9.79 Å². The summed E-state index contributed by atoms with van der Waals surface area (Å²) in [6.45, 7) is 1.09. The SMILES string of the molecule is CN=C(NCc1cc(F)ccc1SC)NC1CCC(=O)NC1. The monoisotopic (exact) mass is 324 g/mol. The van der Waals surface area contributed by atoms with Crippen LogP contribution in [0.5, 0.6) is 0 Å². The van der Waals surface area contributed by atoms with Gasteiger partial charge in [0.05, 0.1) is 0 Å². The first kappa shape index (κ1) is 16.6. The summed E-state index contributed by atoms with van der Waals surface area (Å²) >= 11 is 1.58. The van der Waals surface area contributed by atoms with E-state index in [0.29, 0.717) is 25.5 Å². The van der Waals surface area contributed by atoms with Gasteiger partial charge in [-0.15, -0.1) is 11.8 Å². The highest BCUT2D eigenvalue weighted by Crippen LogP contribution is 2.21. The van der Waals surface area contributed by atoms with E-state index in [0.717, 1.165) is 16.9 Å². The molecule has 1 aromatic carbocycles. The van der Waals surface area contributed by atoms with Crippen LogP contribution in [0.15, 0.2) is 28.1 Å². The van der Waals surface area contributed by atoms with Crippen LogP contribution in [0.1, 0.15) is 18.4 Å². The summed E-state index contributed by atoms with van der Waals surface area (Å²) < 4.78 is 13.4. The van der Waals surface area contributed by atoms with E-state index in [1.807, 2.05) is 6.26 Å². The average molecular weight is 324 g/mol. The Balaban J connectivity index is 1.91. The lowest BCUT2D eigenvalue weighted by Gasteiger charge is -2.25. The molecule has 1 aromatic rings. The van der Waals surface area contributed by atoms with Crippen molar-refractivity contribution >= 4 is 23.6 Å². The van der Waals surface area contributed by atoms with E-state index in [1.165, 1.54) is 12.1 Å². The minimum absolute atomic E-state index is 0.0883. The molecular formula is C15H21FN4OS. The smallest absolute Gasteiger partial charge is 0.220 e. The van der Waals surface area contributed by atoms with Gasteiger partial charge in [0.1, 0.15) is 5.82 Å². The van der Waals surface area contributed by atoms with Crippen molar-refractivity contribution in [3.8, 4) is 0 Å². The van der Waals surface area contributed by atoms with Gasteiger partial charge in [-0.25, -0.2) is 4.39 Å². The second-order valence-electron chi connectivity index (χ2n) is 5.07. The summed E-state index contributed by atoms with van der Waals surface area (Å²) in [5.74, 6) is 0.496. The van der Waals surface area contributed by atoms with Crippen molar-refractivity contribution in [1.29, 1.82) is 0 Å². The van der Waals surface area contributed by atoms with Crippen LogP contribution >= 0.6 is 11.8 Å². The number of thioether (sulfide) groups is 1. The number of hydrogen-bond acceptors (Lipinski definition) is 3. The molecule has 0 spiro atoms. The van der Waals surface area contributed by atoms with Gasteiger partial charge >= 0.3 is 0 Å². The molecule has 1 fully saturated rings. The van der Waals surface area contributed by atoms with Crippen molar-refractivity contribution in [2.45, 2.75) is 30.3 Å². The zero-order chi connectivity index (χ0) is 15.9. The Morgan fingerprint density at radius 3 is 3.00 bits per heavy atom. The number of aliphatic imine (C=N–C) groups is 1. The van der Waals surface area contributed by atoms with Crippen molar-refractivity contribution in [2.24, 2.45) is 4.99 Å². The van der Waals surface area contributed by atoms with Gasteiger partial charge < -0.3 is 16.0 Å². The van der Waals surface area contributed by atoms with E-state index in [2.05, 4.69) is 20.9 Å². The zero-order valence-corrected chi connectivity index (χ0v) is 13.6. The average Bonchev–Trinajstić information content (AvgIpc) is 2.53. The van der Waals surface area contributed by atoms with Crippen LogP contribution in [0, 0.1) is 5.82 Å². The standard InChI is InChI=1S/C15H21FN4OS/c1-17-15(20-12-4-6-14(21)18-9-12)19-8-10-7-11(16)3-5-13(10)22-2/h3,5,7,12H,4,6,8-9H2,1-2H3,(H,18,21)(H2,17,19,20). The molecule has 0 aromatic heterocycles. The lowest BCUT2D eigenvalue weighted by molar-refractivity contribution is -0.122. The normalized spacial score (nSPS) is 18.8. The summed E-state index contributed by atoms with van der Waals surface area (Å²) in [5, 5.41) is 9.29. The van der Waals surface area contributed by atoms with Crippen molar-refractivity contribution < 1.29 is 9.18 Å². The molecule has 3 N–H and O–H groups in total. The highest BCUT2D eigenvalue weighted by Gasteiger charge is 2.18. The van der Waals surface area contributed by atoms with Gasteiger partial charge in [0.2, 0.25) is 5.91 Å². The van der Waals surface area contributed by atoms with E-state index in [-0.39, 0.29) is 17.8 Å². The number of amides is 1. The van der Waals surface area contributed by atoms with Gasteiger partial charge in [0.15, 0.2) is 5.96 Å². The van der Waals surface area contributed by atoms with Crippen LogP contribution in [-0.4, -0.2) is 37.8 Å². The van der Waals surface area contributed by atoms with Crippen LogP contribution in [0.25, 0.3) is 0 Å². The van der Waals surface area contributed by atoms with Gasteiger partial charge in [0.25, 0.3) is 0 Å². The maximum Gasteiger partial charge on any atom is 0.220 e. The van der Waals surface area contributed by atoms with E-state index in [4.69, 9.17) is 0 Å². The highest BCUT2D eigenvalue weighted by molar-refractivity contribution is 7.98. The van der Waals surface area contributed by atoms with Gasteiger partial charge in [-0.1, -0.05) is 0 Å². The van der Waals surface area contributed by atoms with Gasteiger partial charge in [-0.05, 0) is 36.4 Å². The maximum atomic E-state index is 13.4. The molecule has 0 bridgehead atoms. The fourth-order valence-electron chi connectivity index (χ4n) is 2.31. The third kappa shape index (κ3) is 4.62. The summed E-state index contributed by atoms with van der Waals surface area (Å²) in [6, 6.07) is 4.95. The minimum atomic E-state index is -0.243. The quantitative estimate of drug-likeness (QED) is 0.446. The summed E-state index contributed by atoms with van der Waals surface area (Å²) in [4.78, 5) is 16.4. The Morgan fingerprint density at radius 2 is 2.36 bits per heavy atom. The summed E-state index contributed by atoms with van der Waals surface area (Å²) in [5.41, 5.74) is 0.896. The van der Waals surface area contributed by atoms with Gasteiger partial charge in [-0.2, -0.15) is 0 Å². The number of guanidine groups is 1. The Kier molecular flexibility index (Phi) is 6.06.